The van der Waals surface area contributed by atoms with E-state index < -0.39 is 5.82 Å². The minimum Gasteiger partial charge on any atom is -0.392 e. The van der Waals surface area contributed by atoms with Crippen molar-refractivity contribution in [3.8, 4) is 22.4 Å². The Hall–Kier alpha value is -2.74. The fraction of sp³-hybridized carbons (Fsp3) is 0.304. The summed E-state index contributed by atoms with van der Waals surface area (Å²) in [6.07, 6.45) is 1.62. The van der Waals surface area contributed by atoms with E-state index in [2.05, 4.69) is 0 Å². The zero-order valence-corrected chi connectivity index (χ0v) is 17.9. The van der Waals surface area contributed by atoms with Gasteiger partial charge in [-0.1, -0.05) is 41.9 Å². The fourth-order valence-corrected chi connectivity index (χ4v) is 3.98. The molecule has 8 heteroatoms. The number of hydrogen-bond donors (Lipinski definition) is 2. The van der Waals surface area contributed by atoms with Crippen LogP contribution in [0.25, 0.3) is 22.4 Å². The van der Waals surface area contributed by atoms with Gasteiger partial charge >= 0.3 is 0 Å². The summed E-state index contributed by atoms with van der Waals surface area (Å²) in [5, 5.41) is 9.35. The molecule has 0 aliphatic carbocycles. The number of rotatable bonds is 4. The number of halogens is 2. The number of hydrogen-bond acceptors (Lipinski definition) is 5. The minimum absolute atomic E-state index is 0.00618. The van der Waals surface area contributed by atoms with Crippen LogP contribution >= 0.6 is 11.6 Å². The molecule has 0 atom stereocenters. The van der Waals surface area contributed by atoms with Crippen LogP contribution in [0.3, 0.4) is 0 Å². The molecule has 1 aromatic heterocycles. The predicted octanol–water partition coefficient (Wildman–Crippen LogP) is 3.33. The van der Waals surface area contributed by atoms with E-state index in [0.717, 1.165) is 18.4 Å². The molecule has 0 spiro atoms. The molecule has 31 heavy (non-hydrogen) atoms. The maximum Gasteiger partial charge on any atom is 0.263 e. The van der Waals surface area contributed by atoms with Gasteiger partial charge in [0.05, 0.1) is 22.9 Å². The van der Waals surface area contributed by atoms with Crippen LogP contribution < -0.4 is 16.2 Å². The van der Waals surface area contributed by atoms with Gasteiger partial charge in [0.25, 0.3) is 5.56 Å². The average Bonchev–Trinajstić information content (AvgIpc) is 2.78. The van der Waals surface area contributed by atoms with E-state index in [1.54, 1.807) is 37.4 Å². The maximum absolute atomic E-state index is 14.3. The molecule has 2 aromatic carbocycles. The number of aliphatic hydroxyl groups excluding tert-OH is 1. The Morgan fingerprint density at radius 2 is 1.81 bits per heavy atom. The summed E-state index contributed by atoms with van der Waals surface area (Å²) in [6, 6.07) is 11.6. The molecule has 1 aliphatic heterocycles. The Morgan fingerprint density at radius 1 is 1.16 bits per heavy atom. The molecule has 0 radical (unpaired) electrons. The molecule has 1 saturated heterocycles. The van der Waals surface area contributed by atoms with Crippen LogP contribution in [0.15, 0.2) is 47.3 Å². The van der Waals surface area contributed by atoms with Crippen molar-refractivity contribution in [2.75, 3.05) is 18.0 Å². The van der Waals surface area contributed by atoms with E-state index in [4.69, 9.17) is 22.3 Å². The van der Waals surface area contributed by atoms with Crippen LogP contribution in [-0.2, 0) is 13.7 Å². The molecule has 1 aliphatic rings. The maximum atomic E-state index is 14.3. The van der Waals surface area contributed by atoms with Crippen LogP contribution in [0.1, 0.15) is 18.4 Å². The van der Waals surface area contributed by atoms with E-state index in [0.29, 0.717) is 41.4 Å². The van der Waals surface area contributed by atoms with E-state index in [1.165, 1.54) is 16.7 Å². The first-order chi connectivity index (χ1) is 14.9. The normalized spacial score (nSPS) is 14.8. The van der Waals surface area contributed by atoms with Crippen molar-refractivity contribution in [3.05, 3.63) is 69.2 Å². The van der Waals surface area contributed by atoms with Crippen LogP contribution in [0, 0.1) is 5.82 Å². The number of benzene rings is 2. The summed E-state index contributed by atoms with van der Waals surface area (Å²) in [5.41, 5.74) is 8.39. The van der Waals surface area contributed by atoms with Gasteiger partial charge in [-0.3, -0.25) is 9.36 Å². The second kappa shape index (κ2) is 8.78. The molecule has 0 saturated carbocycles. The number of aliphatic hydroxyl groups is 1. The first-order valence-electron chi connectivity index (χ1n) is 10.2. The first kappa shape index (κ1) is 21.5. The number of nitrogens with two attached hydrogens (primary N) is 1. The Bertz CT molecular complexity index is 1160. The Labute approximate surface area is 184 Å². The lowest BCUT2D eigenvalue weighted by molar-refractivity contribution is 0.282. The molecule has 162 valence electrons. The summed E-state index contributed by atoms with van der Waals surface area (Å²) in [6.45, 7) is 1.29. The van der Waals surface area contributed by atoms with Gasteiger partial charge in [0.15, 0.2) is 0 Å². The van der Waals surface area contributed by atoms with Crippen molar-refractivity contribution >= 4 is 17.5 Å². The molecular formula is C23H24ClFN4O2. The number of anilines is 1. The predicted molar refractivity (Wildman–Crippen MR) is 121 cm³/mol. The molecule has 3 aromatic rings. The molecular weight excluding hydrogens is 419 g/mol. The van der Waals surface area contributed by atoms with Gasteiger partial charge in [0.2, 0.25) is 5.95 Å². The van der Waals surface area contributed by atoms with Gasteiger partial charge in [0.1, 0.15) is 5.82 Å². The standard InChI is InChI=1S/C23H24ClFN4O2/c1-28-22(31)20(15-4-2-14(13-30)3-5-15)21(16-6-7-18(24)19(25)12-16)27-23(28)29-10-8-17(26)9-11-29/h2-7,12,17,30H,8-11,13,26H2,1H3. The second-order valence-corrected chi connectivity index (χ2v) is 8.22. The molecule has 3 N–H and O–H groups in total. The van der Waals surface area contributed by atoms with Gasteiger partial charge < -0.3 is 15.7 Å². The number of piperidine rings is 1. The zero-order valence-electron chi connectivity index (χ0n) is 17.2. The Balaban J connectivity index is 1.93. The van der Waals surface area contributed by atoms with E-state index in [9.17, 15) is 14.3 Å². The molecule has 0 unspecified atom stereocenters. The van der Waals surface area contributed by atoms with Gasteiger partial charge in [-0.25, -0.2) is 9.37 Å². The third kappa shape index (κ3) is 4.21. The Kier molecular flexibility index (Phi) is 6.09. The SMILES string of the molecule is Cn1c(N2CCC(N)CC2)nc(-c2ccc(Cl)c(F)c2)c(-c2ccc(CO)cc2)c1=O. The molecule has 6 nitrogen and oxygen atoms in total. The van der Waals surface area contributed by atoms with E-state index >= 15 is 0 Å². The Morgan fingerprint density at radius 3 is 2.42 bits per heavy atom. The van der Waals surface area contributed by atoms with Crippen LogP contribution in [-0.4, -0.2) is 33.8 Å². The van der Waals surface area contributed by atoms with E-state index in [1.807, 2.05) is 4.90 Å². The van der Waals surface area contributed by atoms with Crippen LogP contribution in [0.4, 0.5) is 10.3 Å². The quantitative estimate of drug-likeness (QED) is 0.647. The molecule has 2 heterocycles. The smallest absolute Gasteiger partial charge is 0.263 e. The van der Waals surface area contributed by atoms with Crippen molar-refractivity contribution in [1.29, 1.82) is 0 Å². The van der Waals surface area contributed by atoms with Crippen molar-refractivity contribution in [3.63, 3.8) is 0 Å². The zero-order chi connectivity index (χ0) is 22.1. The topological polar surface area (TPSA) is 84.4 Å². The van der Waals surface area contributed by atoms with Crippen molar-refractivity contribution in [2.45, 2.75) is 25.5 Å². The monoisotopic (exact) mass is 442 g/mol. The van der Waals surface area contributed by atoms with Gasteiger partial charge in [-0.15, -0.1) is 0 Å². The molecule has 1 fully saturated rings. The van der Waals surface area contributed by atoms with Gasteiger partial charge in [-0.2, -0.15) is 0 Å². The first-order valence-corrected chi connectivity index (χ1v) is 10.5. The third-order valence-corrected chi connectivity index (χ3v) is 6.01. The fourth-order valence-electron chi connectivity index (χ4n) is 3.86. The van der Waals surface area contributed by atoms with Crippen LogP contribution in [0.2, 0.25) is 5.02 Å². The summed E-state index contributed by atoms with van der Waals surface area (Å²) in [5.74, 6) is -0.0493. The summed E-state index contributed by atoms with van der Waals surface area (Å²) >= 11 is 5.88. The average molecular weight is 443 g/mol. The largest absolute Gasteiger partial charge is 0.392 e. The highest BCUT2D eigenvalue weighted by molar-refractivity contribution is 6.30. The summed E-state index contributed by atoms with van der Waals surface area (Å²) in [4.78, 5) is 20.4. The highest BCUT2D eigenvalue weighted by Crippen LogP contribution is 2.32. The summed E-state index contributed by atoms with van der Waals surface area (Å²) in [7, 11) is 1.69. The lowest BCUT2D eigenvalue weighted by Crippen LogP contribution is -2.42. The molecule has 0 amide bonds. The van der Waals surface area contributed by atoms with Crippen molar-refractivity contribution in [1.82, 2.24) is 9.55 Å². The minimum atomic E-state index is -0.575. The molecule has 4 rings (SSSR count). The summed E-state index contributed by atoms with van der Waals surface area (Å²) < 4.78 is 15.8. The second-order valence-electron chi connectivity index (χ2n) is 7.81. The lowest BCUT2D eigenvalue weighted by Gasteiger charge is -2.32. The van der Waals surface area contributed by atoms with Gasteiger partial charge in [0, 0.05) is 31.7 Å². The lowest BCUT2D eigenvalue weighted by atomic mass is 9.99. The van der Waals surface area contributed by atoms with Crippen molar-refractivity contribution < 1.29 is 9.50 Å². The molecule has 0 bridgehead atoms. The highest BCUT2D eigenvalue weighted by atomic mass is 35.5. The highest BCUT2D eigenvalue weighted by Gasteiger charge is 2.24. The van der Waals surface area contributed by atoms with E-state index in [-0.39, 0.29) is 23.2 Å². The third-order valence-electron chi connectivity index (χ3n) is 5.71. The number of nitrogens with zero attached hydrogens (tertiary/aromatic N) is 3. The van der Waals surface area contributed by atoms with Gasteiger partial charge in [-0.05, 0) is 36.1 Å². The van der Waals surface area contributed by atoms with Crippen LogP contribution in [0.5, 0.6) is 0 Å². The number of aromatic nitrogens is 2. The van der Waals surface area contributed by atoms with Crippen molar-refractivity contribution in [2.24, 2.45) is 12.8 Å².